The van der Waals surface area contributed by atoms with E-state index in [2.05, 4.69) is 5.32 Å². The van der Waals surface area contributed by atoms with Crippen LogP contribution in [0.5, 0.6) is 0 Å². The van der Waals surface area contributed by atoms with Crippen molar-refractivity contribution in [2.75, 3.05) is 6.54 Å². The number of carbonyl (C=O) groups excluding carboxylic acids is 1. The summed E-state index contributed by atoms with van der Waals surface area (Å²) >= 11 is 0. The minimum Gasteiger partial charge on any atom is -0.481 e. The maximum Gasteiger partial charge on any atom is 0.307 e. The Bertz CT molecular complexity index is 347. The summed E-state index contributed by atoms with van der Waals surface area (Å²) in [6, 6.07) is 0. The van der Waals surface area contributed by atoms with Gasteiger partial charge in [-0.15, -0.1) is 0 Å². The average molecular weight is 257 g/mol. The molecule has 0 aromatic carbocycles. The number of carbonyl (C=O) groups is 2. The van der Waals surface area contributed by atoms with Crippen molar-refractivity contribution < 1.29 is 19.8 Å². The van der Waals surface area contributed by atoms with E-state index in [0.29, 0.717) is 12.8 Å². The van der Waals surface area contributed by atoms with E-state index in [1.807, 2.05) is 13.8 Å². The fourth-order valence-electron chi connectivity index (χ4n) is 2.45. The van der Waals surface area contributed by atoms with E-state index in [1.54, 1.807) is 13.8 Å². The van der Waals surface area contributed by atoms with E-state index in [4.69, 9.17) is 5.11 Å². The minimum atomic E-state index is -0.929. The Morgan fingerprint density at radius 2 is 1.72 bits per heavy atom. The number of amides is 1. The summed E-state index contributed by atoms with van der Waals surface area (Å²) in [7, 11) is 0. The molecule has 5 nitrogen and oxygen atoms in total. The lowest BCUT2D eigenvalue weighted by Gasteiger charge is -2.25. The Morgan fingerprint density at radius 1 is 1.22 bits per heavy atom. The Morgan fingerprint density at radius 3 is 2.06 bits per heavy atom. The topological polar surface area (TPSA) is 86.6 Å². The SMILES string of the molecule is CCC(O)(CC)CNC(=O)[C@H]1[C@@H](C(=O)O)C1(C)C. The van der Waals surface area contributed by atoms with Crippen LogP contribution in [0.1, 0.15) is 40.5 Å². The summed E-state index contributed by atoms with van der Waals surface area (Å²) < 4.78 is 0. The maximum atomic E-state index is 11.9. The van der Waals surface area contributed by atoms with Gasteiger partial charge in [0.05, 0.1) is 17.4 Å². The minimum absolute atomic E-state index is 0.178. The predicted molar refractivity (Wildman–Crippen MR) is 66.9 cm³/mol. The molecule has 1 aliphatic rings. The second-order valence-corrected chi connectivity index (χ2v) is 5.76. The highest BCUT2D eigenvalue weighted by atomic mass is 16.4. The van der Waals surface area contributed by atoms with E-state index in [9.17, 15) is 14.7 Å². The van der Waals surface area contributed by atoms with Gasteiger partial charge in [0, 0.05) is 6.54 Å². The van der Waals surface area contributed by atoms with Gasteiger partial charge >= 0.3 is 5.97 Å². The van der Waals surface area contributed by atoms with Gasteiger partial charge < -0.3 is 15.5 Å². The number of rotatable bonds is 6. The van der Waals surface area contributed by atoms with Crippen molar-refractivity contribution in [3.63, 3.8) is 0 Å². The molecule has 1 saturated carbocycles. The molecule has 0 aromatic heterocycles. The maximum absolute atomic E-state index is 11.9. The summed E-state index contributed by atoms with van der Waals surface area (Å²) in [4.78, 5) is 22.9. The second kappa shape index (κ2) is 4.88. The van der Waals surface area contributed by atoms with E-state index in [1.165, 1.54) is 0 Å². The van der Waals surface area contributed by atoms with Crippen LogP contribution < -0.4 is 5.32 Å². The molecule has 0 heterocycles. The van der Waals surface area contributed by atoms with Gasteiger partial charge in [-0.2, -0.15) is 0 Å². The Kier molecular flexibility index (Phi) is 4.05. The van der Waals surface area contributed by atoms with Gasteiger partial charge in [0.25, 0.3) is 0 Å². The number of carboxylic acids is 1. The van der Waals surface area contributed by atoms with Gasteiger partial charge in [-0.05, 0) is 18.3 Å². The van der Waals surface area contributed by atoms with Crippen molar-refractivity contribution in [1.82, 2.24) is 5.32 Å². The summed E-state index contributed by atoms with van der Waals surface area (Å²) in [5, 5.41) is 21.7. The van der Waals surface area contributed by atoms with Crippen molar-refractivity contribution in [3.05, 3.63) is 0 Å². The number of hydrogen-bond donors (Lipinski definition) is 3. The second-order valence-electron chi connectivity index (χ2n) is 5.76. The molecule has 0 bridgehead atoms. The fraction of sp³-hybridized carbons (Fsp3) is 0.846. The zero-order valence-electron chi connectivity index (χ0n) is 11.5. The first kappa shape index (κ1) is 15.0. The lowest BCUT2D eigenvalue weighted by molar-refractivity contribution is -0.140. The molecule has 0 spiro atoms. The Hall–Kier alpha value is -1.10. The van der Waals surface area contributed by atoms with Crippen LogP contribution in [-0.4, -0.2) is 34.2 Å². The third-order valence-electron chi connectivity index (χ3n) is 4.28. The Labute approximate surface area is 108 Å². The molecule has 1 fully saturated rings. The lowest BCUT2D eigenvalue weighted by atomic mass is 9.97. The molecule has 1 amide bonds. The first-order valence-corrected chi connectivity index (χ1v) is 6.42. The number of aliphatic carboxylic acids is 1. The van der Waals surface area contributed by atoms with Gasteiger partial charge in [0.15, 0.2) is 0 Å². The fourth-order valence-corrected chi connectivity index (χ4v) is 2.45. The molecule has 2 atom stereocenters. The van der Waals surface area contributed by atoms with Crippen LogP contribution in [0.25, 0.3) is 0 Å². The van der Waals surface area contributed by atoms with Crippen molar-refractivity contribution in [1.29, 1.82) is 0 Å². The number of carboxylic acid groups (broad SMARTS) is 1. The van der Waals surface area contributed by atoms with Crippen LogP contribution >= 0.6 is 0 Å². The van der Waals surface area contributed by atoms with E-state index < -0.39 is 28.8 Å². The molecule has 0 unspecified atom stereocenters. The lowest BCUT2D eigenvalue weighted by Crippen LogP contribution is -2.43. The number of aliphatic hydroxyl groups is 1. The molecular weight excluding hydrogens is 234 g/mol. The smallest absolute Gasteiger partial charge is 0.307 e. The van der Waals surface area contributed by atoms with Crippen molar-refractivity contribution >= 4 is 11.9 Å². The normalized spacial score (nSPS) is 25.6. The van der Waals surface area contributed by atoms with Gasteiger partial charge in [-0.3, -0.25) is 9.59 Å². The summed E-state index contributed by atoms with van der Waals surface area (Å²) in [5.74, 6) is -2.31. The van der Waals surface area contributed by atoms with Crippen LogP contribution in [-0.2, 0) is 9.59 Å². The summed E-state index contributed by atoms with van der Waals surface area (Å²) in [5.41, 5.74) is -1.39. The van der Waals surface area contributed by atoms with Gasteiger partial charge in [0.1, 0.15) is 0 Å². The predicted octanol–water partition coefficient (Wildman–Crippen LogP) is 1.01. The molecule has 1 rings (SSSR count). The van der Waals surface area contributed by atoms with Crippen LogP contribution in [0, 0.1) is 17.3 Å². The molecule has 104 valence electrons. The molecule has 18 heavy (non-hydrogen) atoms. The summed E-state index contributed by atoms with van der Waals surface area (Å²) in [6.07, 6.45) is 1.11. The van der Waals surface area contributed by atoms with Crippen LogP contribution in [0.2, 0.25) is 0 Å². The highest BCUT2D eigenvalue weighted by molar-refractivity contribution is 5.91. The highest BCUT2D eigenvalue weighted by Gasteiger charge is 2.65. The largest absolute Gasteiger partial charge is 0.481 e. The van der Waals surface area contributed by atoms with Crippen LogP contribution in [0.15, 0.2) is 0 Å². The standard InChI is InChI=1S/C13H23NO4/c1-5-13(18,6-2)7-14-10(15)8-9(11(16)17)12(8,3)4/h8-9,18H,5-7H2,1-4H3,(H,14,15)(H,16,17)/t8-,9+/m1/s1. The first-order chi connectivity index (χ1) is 8.19. The monoisotopic (exact) mass is 257 g/mol. The number of nitrogens with one attached hydrogen (secondary N) is 1. The van der Waals surface area contributed by atoms with E-state index >= 15 is 0 Å². The van der Waals surface area contributed by atoms with Crippen LogP contribution in [0.3, 0.4) is 0 Å². The molecule has 1 aliphatic carbocycles. The molecule has 3 N–H and O–H groups in total. The Balaban J connectivity index is 2.56. The van der Waals surface area contributed by atoms with Gasteiger partial charge in [-0.25, -0.2) is 0 Å². The van der Waals surface area contributed by atoms with Crippen molar-refractivity contribution in [3.8, 4) is 0 Å². The molecule has 5 heteroatoms. The molecular formula is C13H23NO4. The van der Waals surface area contributed by atoms with E-state index in [0.717, 1.165) is 0 Å². The summed E-state index contributed by atoms with van der Waals surface area (Å²) in [6.45, 7) is 7.45. The zero-order valence-corrected chi connectivity index (χ0v) is 11.5. The molecule has 0 saturated heterocycles. The highest BCUT2D eigenvalue weighted by Crippen LogP contribution is 2.58. The quantitative estimate of drug-likeness (QED) is 0.663. The van der Waals surface area contributed by atoms with Gasteiger partial charge in [-0.1, -0.05) is 27.7 Å². The van der Waals surface area contributed by atoms with Crippen LogP contribution in [0.4, 0.5) is 0 Å². The van der Waals surface area contributed by atoms with Gasteiger partial charge in [0.2, 0.25) is 5.91 Å². The van der Waals surface area contributed by atoms with Crippen molar-refractivity contribution in [2.24, 2.45) is 17.3 Å². The molecule has 0 aromatic rings. The molecule has 0 aliphatic heterocycles. The zero-order chi connectivity index (χ0) is 14.1. The van der Waals surface area contributed by atoms with Crippen molar-refractivity contribution in [2.45, 2.75) is 46.1 Å². The molecule has 0 radical (unpaired) electrons. The number of hydrogen-bond acceptors (Lipinski definition) is 3. The van der Waals surface area contributed by atoms with E-state index in [-0.39, 0.29) is 12.5 Å². The first-order valence-electron chi connectivity index (χ1n) is 6.42. The average Bonchev–Trinajstić information content (AvgIpc) is 2.89. The third-order valence-corrected chi connectivity index (χ3v) is 4.28. The third kappa shape index (κ3) is 2.66.